The number of carboxylic acid groups (broad SMARTS) is 1. The minimum absolute atomic E-state index is 0.0463. The quantitative estimate of drug-likeness (QED) is 0.368. The maximum atomic E-state index is 11.2. The summed E-state index contributed by atoms with van der Waals surface area (Å²) >= 11 is 1.65. The lowest BCUT2D eigenvalue weighted by Crippen LogP contribution is -2.07. The zero-order chi connectivity index (χ0) is 21.2. The van der Waals surface area contributed by atoms with E-state index in [-0.39, 0.29) is 6.42 Å². The SMILES string of the molecule is O=C(O)Cc1cccc(OCCc2nc(-c3ccc4ccccc4c3)cs2)c1C1CC1. The number of nitrogens with zero attached hydrogens (tertiary/aromatic N) is 1. The third kappa shape index (κ3) is 4.47. The average Bonchev–Trinajstić information content (AvgIpc) is 3.50. The number of aromatic nitrogens is 1. The Morgan fingerprint density at radius 3 is 2.71 bits per heavy atom. The third-order valence-electron chi connectivity index (χ3n) is 5.65. The summed E-state index contributed by atoms with van der Waals surface area (Å²) < 4.78 is 6.11. The fourth-order valence-electron chi connectivity index (χ4n) is 4.02. The van der Waals surface area contributed by atoms with Crippen molar-refractivity contribution in [2.75, 3.05) is 6.61 Å². The van der Waals surface area contributed by atoms with Crippen LogP contribution < -0.4 is 4.74 Å². The number of carboxylic acids is 1. The van der Waals surface area contributed by atoms with E-state index < -0.39 is 5.97 Å². The van der Waals surface area contributed by atoms with Gasteiger partial charge < -0.3 is 9.84 Å². The second-order valence-corrected chi connectivity index (χ2v) is 8.90. The van der Waals surface area contributed by atoms with Crippen molar-refractivity contribution in [1.82, 2.24) is 4.98 Å². The standard InChI is InChI=1S/C26H23NO3S/c28-25(29)15-21-6-3-7-23(26(21)18-9-10-18)30-13-12-24-27-22(16-31-24)20-11-8-17-4-1-2-5-19(17)14-20/h1-8,11,14,16,18H,9-10,12-13,15H2,(H,28,29). The monoisotopic (exact) mass is 429 g/mol. The molecule has 4 nitrogen and oxygen atoms in total. The lowest BCUT2D eigenvalue weighted by Gasteiger charge is -2.14. The van der Waals surface area contributed by atoms with Crippen LogP contribution in [0, 0.1) is 0 Å². The summed E-state index contributed by atoms with van der Waals surface area (Å²) in [4.78, 5) is 16.0. The second kappa shape index (κ2) is 8.52. The molecule has 0 bridgehead atoms. The van der Waals surface area contributed by atoms with Gasteiger partial charge in [-0.2, -0.15) is 0 Å². The molecule has 1 saturated carbocycles. The first-order chi connectivity index (χ1) is 15.2. The summed E-state index contributed by atoms with van der Waals surface area (Å²) in [5.41, 5.74) is 4.08. The van der Waals surface area contributed by atoms with Gasteiger partial charge in [0.2, 0.25) is 0 Å². The molecule has 5 heteroatoms. The molecular weight excluding hydrogens is 406 g/mol. The van der Waals surface area contributed by atoms with Crippen molar-refractivity contribution in [2.45, 2.75) is 31.6 Å². The van der Waals surface area contributed by atoms with Gasteiger partial charge in [0.1, 0.15) is 5.75 Å². The molecule has 1 aliphatic carbocycles. The Labute approximate surface area is 185 Å². The van der Waals surface area contributed by atoms with Crippen LogP contribution >= 0.6 is 11.3 Å². The Hall–Kier alpha value is -3.18. The summed E-state index contributed by atoms with van der Waals surface area (Å²) in [5, 5.41) is 14.8. The normalized spacial score (nSPS) is 13.4. The smallest absolute Gasteiger partial charge is 0.307 e. The Morgan fingerprint density at radius 1 is 1.06 bits per heavy atom. The van der Waals surface area contributed by atoms with E-state index in [9.17, 15) is 9.90 Å². The molecule has 1 N–H and O–H groups in total. The highest BCUT2D eigenvalue weighted by molar-refractivity contribution is 7.09. The van der Waals surface area contributed by atoms with Crippen LogP contribution in [0.25, 0.3) is 22.0 Å². The number of carbonyl (C=O) groups is 1. The molecule has 4 aromatic rings. The van der Waals surface area contributed by atoms with Crippen molar-refractivity contribution < 1.29 is 14.6 Å². The first-order valence-corrected chi connectivity index (χ1v) is 11.5. The van der Waals surface area contributed by atoms with Gasteiger partial charge in [-0.05, 0) is 47.2 Å². The maximum absolute atomic E-state index is 11.2. The van der Waals surface area contributed by atoms with Crippen LogP contribution in [0.5, 0.6) is 5.75 Å². The van der Waals surface area contributed by atoms with Crippen molar-refractivity contribution in [3.8, 4) is 17.0 Å². The van der Waals surface area contributed by atoms with E-state index in [4.69, 9.17) is 9.72 Å². The number of hydrogen-bond donors (Lipinski definition) is 1. The van der Waals surface area contributed by atoms with E-state index in [1.807, 2.05) is 18.2 Å². The molecule has 0 atom stereocenters. The zero-order valence-electron chi connectivity index (χ0n) is 17.1. The Balaban J connectivity index is 1.27. The highest BCUT2D eigenvalue weighted by atomic mass is 32.1. The van der Waals surface area contributed by atoms with Crippen LogP contribution in [0.3, 0.4) is 0 Å². The van der Waals surface area contributed by atoms with Crippen molar-refractivity contribution in [1.29, 1.82) is 0 Å². The van der Waals surface area contributed by atoms with Gasteiger partial charge in [-0.15, -0.1) is 11.3 Å². The van der Waals surface area contributed by atoms with Gasteiger partial charge in [0.25, 0.3) is 0 Å². The van der Waals surface area contributed by atoms with E-state index in [0.29, 0.717) is 12.5 Å². The molecule has 156 valence electrons. The Bertz CT molecular complexity index is 1240. The molecule has 0 amide bonds. The molecule has 0 saturated heterocycles. The molecule has 0 spiro atoms. The predicted octanol–water partition coefficient (Wildman–Crippen LogP) is 6.09. The van der Waals surface area contributed by atoms with Crippen LogP contribution in [0.1, 0.15) is 34.9 Å². The van der Waals surface area contributed by atoms with E-state index in [1.165, 1.54) is 10.8 Å². The molecule has 0 unspecified atom stereocenters. The van der Waals surface area contributed by atoms with Crippen LogP contribution in [0.2, 0.25) is 0 Å². The molecule has 1 aliphatic rings. The van der Waals surface area contributed by atoms with E-state index >= 15 is 0 Å². The summed E-state index contributed by atoms with van der Waals surface area (Å²) in [5.74, 6) is 0.459. The molecule has 1 aromatic heterocycles. The van der Waals surface area contributed by atoms with Gasteiger partial charge >= 0.3 is 5.97 Å². The zero-order valence-corrected chi connectivity index (χ0v) is 17.9. The van der Waals surface area contributed by atoms with Crippen molar-refractivity contribution >= 4 is 28.1 Å². The molecule has 31 heavy (non-hydrogen) atoms. The highest BCUT2D eigenvalue weighted by Gasteiger charge is 2.29. The first kappa shape index (κ1) is 19.8. The number of rotatable bonds is 8. The van der Waals surface area contributed by atoms with Crippen LogP contribution in [-0.4, -0.2) is 22.7 Å². The number of hydrogen-bond acceptors (Lipinski definition) is 4. The largest absolute Gasteiger partial charge is 0.493 e. The van der Waals surface area contributed by atoms with Gasteiger partial charge in [-0.1, -0.05) is 48.5 Å². The molecule has 1 heterocycles. The molecule has 1 fully saturated rings. The van der Waals surface area contributed by atoms with Gasteiger partial charge in [-0.3, -0.25) is 4.79 Å². The number of thiazole rings is 1. The second-order valence-electron chi connectivity index (χ2n) is 7.96. The lowest BCUT2D eigenvalue weighted by molar-refractivity contribution is -0.136. The average molecular weight is 430 g/mol. The third-order valence-corrected chi connectivity index (χ3v) is 6.56. The van der Waals surface area contributed by atoms with E-state index in [2.05, 4.69) is 47.8 Å². The van der Waals surface area contributed by atoms with Crippen LogP contribution in [-0.2, 0) is 17.6 Å². The highest BCUT2D eigenvalue weighted by Crippen LogP contribution is 2.46. The summed E-state index contributed by atoms with van der Waals surface area (Å²) in [6.07, 6.45) is 2.99. The first-order valence-electron chi connectivity index (χ1n) is 10.6. The van der Waals surface area contributed by atoms with Gasteiger partial charge in [0.05, 0.1) is 23.7 Å². The van der Waals surface area contributed by atoms with Crippen LogP contribution in [0.4, 0.5) is 0 Å². The van der Waals surface area contributed by atoms with E-state index in [1.54, 1.807) is 11.3 Å². The van der Waals surface area contributed by atoms with E-state index in [0.717, 1.165) is 52.4 Å². The Morgan fingerprint density at radius 2 is 1.90 bits per heavy atom. The topological polar surface area (TPSA) is 59.4 Å². The summed E-state index contributed by atoms with van der Waals surface area (Å²) in [6.45, 7) is 0.529. The van der Waals surface area contributed by atoms with Crippen LogP contribution in [0.15, 0.2) is 66.0 Å². The number of fused-ring (bicyclic) bond motifs is 1. The molecule has 3 aromatic carbocycles. The molecular formula is C26H23NO3S. The fourth-order valence-corrected chi connectivity index (χ4v) is 4.81. The van der Waals surface area contributed by atoms with Crippen molar-refractivity contribution in [3.63, 3.8) is 0 Å². The summed E-state index contributed by atoms with van der Waals surface area (Å²) in [6, 6.07) is 20.5. The molecule has 0 aliphatic heterocycles. The van der Waals surface area contributed by atoms with Gasteiger partial charge in [0, 0.05) is 22.9 Å². The minimum atomic E-state index is -0.803. The molecule has 5 rings (SSSR count). The fraction of sp³-hybridized carbons (Fsp3) is 0.231. The molecule has 0 radical (unpaired) electrons. The van der Waals surface area contributed by atoms with Crippen molar-refractivity contribution in [2.24, 2.45) is 0 Å². The Kier molecular flexibility index (Phi) is 5.43. The predicted molar refractivity (Wildman–Crippen MR) is 124 cm³/mol. The summed E-state index contributed by atoms with van der Waals surface area (Å²) in [7, 11) is 0. The lowest BCUT2D eigenvalue weighted by atomic mass is 9.99. The number of aliphatic carboxylic acids is 1. The van der Waals surface area contributed by atoms with Crippen molar-refractivity contribution in [3.05, 3.63) is 82.2 Å². The maximum Gasteiger partial charge on any atom is 0.307 e. The van der Waals surface area contributed by atoms with Gasteiger partial charge in [-0.25, -0.2) is 4.98 Å². The number of benzene rings is 3. The number of ether oxygens (including phenoxy) is 1. The minimum Gasteiger partial charge on any atom is -0.493 e. The van der Waals surface area contributed by atoms with Gasteiger partial charge in [0.15, 0.2) is 0 Å².